The van der Waals surface area contributed by atoms with E-state index in [1.165, 1.54) is 0 Å². The first-order chi connectivity index (χ1) is 7.11. The predicted octanol–water partition coefficient (Wildman–Crippen LogP) is 2.39. The molecule has 0 aromatic carbocycles. The highest BCUT2D eigenvalue weighted by Gasteiger charge is 2.19. The van der Waals surface area contributed by atoms with Gasteiger partial charge in [0.2, 0.25) is 0 Å². The van der Waals surface area contributed by atoms with Gasteiger partial charge in [-0.15, -0.1) is 0 Å². The second kappa shape index (κ2) is 3.46. The van der Waals surface area contributed by atoms with E-state index in [4.69, 9.17) is 10.2 Å². The van der Waals surface area contributed by atoms with Gasteiger partial charge in [0.15, 0.2) is 5.76 Å². The van der Waals surface area contributed by atoms with Crippen LogP contribution in [0.15, 0.2) is 22.8 Å². The van der Waals surface area contributed by atoms with Crippen molar-refractivity contribution in [2.75, 3.05) is 5.73 Å². The average Bonchev–Trinajstić information content (AvgIpc) is 2.75. The van der Waals surface area contributed by atoms with Gasteiger partial charge in [0.05, 0.1) is 6.26 Å². The first-order valence-corrected chi connectivity index (χ1v) is 4.97. The van der Waals surface area contributed by atoms with Gasteiger partial charge < -0.3 is 10.2 Å². The Morgan fingerprint density at radius 3 is 2.73 bits per heavy atom. The summed E-state index contributed by atoms with van der Waals surface area (Å²) in [5.74, 6) is 1.81. The Hall–Kier alpha value is -1.71. The van der Waals surface area contributed by atoms with Crippen LogP contribution in [0.4, 0.5) is 5.82 Å². The van der Waals surface area contributed by atoms with Crippen molar-refractivity contribution in [1.29, 1.82) is 0 Å². The number of nitrogen functional groups attached to an aromatic ring is 1. The summed E-state index contributed by atoms with van der Waals surface area (Å²) in [5.41, 5.74) is 7.86. The van der Waals surface area contributed by atoms with Gasteiger partial charge >= 0.3 is 0 Å². The van der Waals surface area contributed by atoms with E-state index in [-0.39, 0.29) is 0 Å². The van der Waals surface area contributed by atoms with Crippen LogP contribution in [0.25, 0.3) is 11.5 Å². The number of aryl methyl sites for hydroxylation is 1. The van der Waals surface area contributed by atoms with Crippen LogP contribution in [0.5, 0.6) is 0 Å². The number of aromatic nitrogens is 2. The second-order valence-electron chi connectivity index (χ2n) is 3.90. The molecule has 2 N–H and O–H groups in total. The van der Waals surface area contributed by atoms with Crippen LogP contribution in [0.3, 0.4) is 0 Å². The highest BCUT2D eigenvalue weighted by atomic mass is 16.3. The summed E-state index contributed by atoms with van der Waals surface area (Å²) in [6, 6.07) is 3.75. The maximum atomic E-state index is 5.97. The van der Waals surface area contributed by atoms with Gasteiger partial charge in [0.1, 0.15) is 11.5 Å². The van der Waals surface area contributed by atoms with E-state index < -0.39 is 0 Å². The zero-order chi connectivity index (χ0) is 11.0. The van der Waals surface area contributed by atoms with Crippen LogP contribution in [0.1, 0.15) is 25.3 Å². The third kappa shape index (κ3) is 1.52. The molecule has 15 heavy (non-hydrogen) atoms. The number of anilines is 1. The standard InChI is InChI=1S/C11H15N3O/c1-7(2)9-10(8-5-4-6-15-8)13-14(3)11(9)12/h4-7H,12H2,1-3H3. The molecule has 0 bridgehead atoms. The number of rotatable bonds is 2. The largest absolute Gasteiger partial charge is 0.463 e. The summed E-state index contributed by atoms with van der Waals surface area (Å²) in [7, 11) is 1.84. The minimum absolute atomic E-state index is 0.332. The van der Waals surface area contributed by atoms with Gasteiger partial charge in [-0.3, -0.25) is 4.68 Å². The molecular formula is C11H15N3O. The molecule has 0 unspecified atom stereocenters. The van der Waals surface area contributed by atoms with Gasteiger partial charge in [0, 0.05) is 12.6 Å². The molecule has 0 amide bonds. The number of hydrogen-bond acceptors (Lipinski definition) is 3. The summed E-state index contributed by atoms with van der Waals surface area (Å²) in [6.45, 7) is 4.19. The monoisotopic (exact) mass is 205 g/mol. The molecule has 2 aromatic rings. The van der Waals surface area contributed by atoms with Crippen molar-refractivity contribution in [1.82, 2.24) is 9.78 Å². The molecular weight excluding hydrogens is 190 g/mol. The van der Waals surface area contributed by atoms with Crippen LogP contribution in [0, 0.1) is 0 Å². The fourth-order valence-corrected chi connectivity index (χ4v) is 1.72. The Labute approximate surface area is 88.7 Å². The van der Waals surface area contributed by atoms with Gasteiger partial charge in [0.25, 0.3) is 0 Å². The van der Waals surface area contributed by atoms with Crippen molar-refractivity contribution < 1.29 is 4.42 Å². The van der Waals surface area contributed by atoms with Crippen LogP contribution < -0.4 is 5.73 Å². The average molecular weight is 205 g/mol. The molecule has 0 aliphatic rings. The maximum absolute atomic E-state index is 5.97. The SMILES string of the molecule is CC(C)c1c(-c2ccco2)nn(C)c1N. The number of hydrogen-bond donors (Lipinski definition) is 1. The summed E-state index contributed by atoms with van der Waals surface area (Å²) in [6.07, 6.45) is 1.64. The molecule has 0 aliphatic carbocycles. The van der Waals surface area contributed by atoms with E-state index in [2.05, 4.69) is 18.9 Å². The molecule has 4 nitrogen and oxygen atoms in total. The lowest BCUT2D eigenvalue weighted by molar-refractivity contribution is 0.577. The summed E-state index contributed by atoms with van der Waals surface area (Å²) in [5, 5.41) is 4.37. The fourth-order valence-electron chi connectivity index (χ4n) is 1.72. The van der Waals surface area contributed by atoms with Gasteiger partial charge in [-0.1, -0.05) is 13.8 Å². The van der Waals surface area contributed by atoms with Crippen LogP contribution in [-0.2, 0) is 7.05 Å². The number of nitrogens with two attached hydrogens (primary N) is 1. The fraction of sp³-hybridized carbons (Fsp3) is 0.364. The van der Waals surface area contributed by atoms with E-state index in [9.17, 15) is 0 Å². The maximum Gasteiger partial charge on any atom is 0.154 e. The summed E-state index contributed by atoms with van der Waals surface area (Å²) in [4.78, 5) is 0. The Morgan fingerprint density at radius 1 is 1.47 bits per heavy atom. The predicted molar refractivity (Wildman–Crippen MR) is 59.4 cm³/mol. The van der Waals surface area contributed by atoms with Gasteiger partial charge in [-0.2, -0.15) is 5.10 Å². The summed E-state index contributed by atoms with van der Waals surface area (Å²) >= 11 is 0. The lowest BCUT2D eigenvalue weighted by Gasteiger charge is -2.05. The summed E-state index contributed by atoms with van der Waals surface area (Å²) < 4.78 is 7.04. The highest BCUT2D eigenvalue weighted by molar-refractivity contribution is 5.65. The minimum Gasteiger partial charge on any atom is -0.463 e. The normalized spacial score (nSPS) is 11.2. The highest BCUT2D eigenvalue weighted by Crippen LogP contribution is 2.32. The molecule has 0 fully saturated rings. The molecule has 0 saturated heterocycles. The Kier molecular flexibility index (Phi) is 2.26. The number of nitrogens with zero attached hydrogens (tertiary/aromatic N) is 2. The molecule has 0 spiro atoms. The van der Waals surface area contributed by atoms with Crippen LogP contribution >= 0.6 is 0 Å². The molecule has 2 aromatic heterocycles. The number of furan rings is 1. The molecule has 80 valence electrons. The molecule has 0 saturated carbocycles. The first kappa shape index (κ1) is 9.83. The lowest BCUT2D eigenvalue weighted by Crippen LogP contribution is -2.00. The van der Waals surface area contributed by atoms with Crippen molar-refractivity contribution >= 4 is 5.82 Å². The smallest absolute Gasteiger partial charge is 0.154 e. The van der Waals surface area contributed by atoms with Crippen molar-refractivity contribution in [3.63, 3.8) is 0 Å². The van der Waals surface area contributed by atoms with Crippen molar-refractivity contribution in [2.24, 2.45) is 7.05 Å². The van der Waals surface area contributed by atoms with E-state index in [1.807, 2.05) is 19.2 Å². The zero-order valence-corrected chi connectivity index (χ0v) is 9.19. The second-order valence-corrected chi connectivity index (χ2v) is 3.90. The van der Waals surface area contributed by atoms with E-state index >= 15 is 0 Å². The quantitative estimate of drug-likeness (QED) is 0.818. The van der Waals surface area contributed by atoms with Crippen LogP contribution in [-0.4, -0.2) is 9.78 Å². The van der Waals surface area contributed by atoms with Gasteiger partial charge in [-0.05, 0) is 18.1 Å². The van der Waals surface area contributed by atoms with Crippen molar-refractivity contribution in [2.45, 2.75) is 19.8 Å². The molecule has 2 heterocycles. The van der Waals surface area contributed by atoms with E-state index in [0.29, 0.717) is 11.7 Å². The van der Waals surface area contributed by atoms with E-state index in [1.54, 1.807) is 10.9 Å². The van der Waals surface area contributed by atoms with Crippen molar-refractivity contribution in [3.8, 4) is 11.5 Å². The molecule has 0 atom stereocenters. The third-order valence-corrected chi connectivity index (χ3v) is 2.46. The minimum atomic E-state index is 0.332. The zero-order valence-electron chi connectivity index (χ0n) is 9.19. The molecule has 0 radical (unpaired) electrons. The lowest BCUT2D eigenvalue weighted by atomic mass is 10.0. The van der Waals surface area contributed by atoms with Gasteiger partial charge in [-0.25, -0.2) is 0 Å². The van der Waals surface area contributed by atoms with Crippen LogP contribution in [0.2, 0.25) is 0 Å². The third-order valence-electron chi connectivity index (χ3n) is 2.46. The Bertz CT molecular complexity index is 454. The molecule has 4 heteroatoms. The van der Waals surface area contributed by atoms with E-state index in [0.717, 1.165) is 17.0 Å². The van der Waals surface area contributed by atoms with Crippen molar-refractivity contribution in [3.05, 3.63) is 24.0 Å². The Balaban J connectivity index is 2.61. The first-order valence-electron chi connectivity index (χ1n) is 4.97. The molecule has 2 rings (SSSR count). The topological polar surface area (TPSA) is 57.0 Å². The molecule has 0 aliphatic heterocycles. The Morgan fingerprint density at radius 2 is 2.20 bits per heavy atom.